The van der Waals surface area contributed by atoms with E-state index in [9.17, 15) is 9.59 Å². The molecule has 0 bridgehead atoms. The van der Waals surface area contributed by atoms with E-state index < -0.39 is 0 Å². The molecular weight excluding hydrogens is 400 g/mol. The molecule has 2 aromatic carbocycles. The highest BCUT2D eigenvalue weighted by atomic mass is 16.2. The van der Waals surface area contributed by atoms with Crippen LogP contribution in [-0.4, -0.2) is 45.9 Å². The van der Waals surface area contributed by atoms with Gasteiger partial charge in [-0.05, 0) is 49.6 Å². The lowest BCUT2D eigenvalue weighted by Crippen LogP contribution is -2.35. The molecule has 1 aliphatic heterocycles. The number of hydrogen-bond donors (Lipinski definition) is 0. The Morgan fingerprint density at radius 2 is 1.84 bits per heavy atom. The van der Waals surface area contributed by atoms with E-state index in [1.165, 1.54) is 0 Å². The largest absolute Gasteiger partial charge is 0.341 e. The first-order valence-electron chi connectivity index (χ1n) is 11.6. The van der Waals surface area contributed by atoms with Gasteiger partial charge in [-0.1, -0.05) is 38.1 Å². The van der Waals surface area contributed by atoms with Gasteiger partial charge in [0.05, 0.1) is 11.0 Å². The summed E-state index contributed by atoms with van der Waals surface area (Å²) in [5.74, 6) is 0.993. The molecule has 0 spiro atoms. The minimum atomic E-state index is -0.0472. The summed E-state index contributed by atoms with van der Waals surface area (Å²) in [7, 11) is 0. The van der Waals surface area contributed by atoms with Crippen LogP contribution in [0, 0.1) is 6.92 Å². The van der Waals surface area contributed by atoms with Gasteiger partial charge in [-0.3, -0.25) is 9.59 Å². The third-order valence-corrected chi connectivity index (χ3v) is 6.12. The van der Waals surface area contributed by atoms with Gasteiger partial charge in [-0.15, -0.1) is 0 Å². The maximum atomic E-state index is 13.2. The summed E-state index contributed by atoms with van der Waals surface area (Å²) in [6.07, 6.45) is 2.27. The summed E-state index contributed by atoms with van der Waals surface area (Å²) < 4.78 is 2.04. The number of fused-ring (bicyclic) bond motifs is 1. The molecule has 6 nitrogen and oxygen atoms in total. The van der Waals surface area contributed by atoms with Crippen LogP contribution in [0.2, 0.25) is 0 Å². The second kappa shape index (κ2) is 9.55. The summed E-state index contributed by atoms with van der Waals surface area (Å²) >= 11 is 0. The summed E-state index contributed by atoms with van der Waals surface area (Å²) in [6.45, 7) is 8.58. The van der Waals surface area contributed by atoms with Crippen molar-refractivity contribution < 1.29 is 9.59 Å². The van der Waals surface area contributed by atoms with Gasteiger partial charge in [-0.2, -0.15) is 0 Å². The number of benzene rings is 2. The van der Waals surface area contributed by atoms with Crippen molar-refractivity contribution in [2.75, 3.05) is 24.5 Å². The summed E-state index contributed by atoms with van der Waals surface area (Å²) in [5, 5.41) is 0. The predicted molar refractivity (Wildman–Crippen MR) is 128 cm³/mol. The van der Waals surface area contributed by atoms with Crippen LogP contribution in [0.1, 0.15) is 50.4 Å². The first-order chi connectivity index (χ1) is 15.5. The lowest BCUT2D eigenvalue weighted by atomic mass is 10.1. The highest BCUT2D eigenvalue weighted by Crippen LogP contribution is 2.33. The van der Waals surface area contributed by atoms with Crippen molar-refractivity contribution in [2.45, 2.75) is 52.5 Å². The lowest BCUT2D eigenvalue weighted by molar-refractivity contribution is -0.131. The Morgan fingerprint density at radius 3 is 2.56 bits per heavy atom. The SMILES string of the molecule is CCCN(CCC)C(=O)Cn1c(C2CC(=O)N(c3cccc(C)c3)C2)nc2ccccc21. The summed E-state index contributed by atoms with van der Waals surface area (Å²) in [5.41, 5.74) is 3.87. The molecule has 1 aliphatic rings. The zero-order valence-corrected chi connectivity index (χ0v) is 19.3. The van der Waals surface area contributed by atoms with E-state index in [4.69, 9.17) is 4.98 Å². The monoisotopic (exact) mass is 432 g/mol. The van der Waals surface area contributed by atoms with E-state index in [1.54, 1.807) is 0 Å². The number of rotatable bonds is 8. The number of carbonyl (C=O) groups excluding carboxylic acids is 2. The molecule has 2 heterocycles. The highest BCUT2D eigenvalue weighted by Gasteiger charge is 2.35. The smallest absolute Gasteiger partial charge is 0.242 e. The van der Waals surface area contributed by atoms with Crippen LogP contribution >= 0.6 is 0 Å². The van der Waals surface area contributed by atoms with Gasteiger partial charge in [0.2, 0.25) is 11.8 Å². The van der Waals surface area contributed by atoms with Gasteiger partial charge in [0.15, 0.2) is 0 Å². The molecule has 1 unspecified atom stereocenters. The summed E-state index contributed by atoms with van der Waals surface area (Å²) in [4.78, 5) is 34.8. The molecular formula is C26H32N4O2. The second-order valence-electron chi connectivity index (χ2n) is 8.67. The van der Waals surface area contributed by atoms with Gasteiger partial charge in [0.1, 0.15) is 12.4 Å². The fourth-order valence-corrected chi connectivity index (χ4v) is 4.63. The van der Waals surface area contributed by atoms with Crippen LogP contribution in [0.4, 0.5) is 5.69 Å². The van der Waals surface area contributed by atoms with Crippen LogP contribution in [0.3, 0.4) is 0 Å². The van der Waals surface area contributed by atoms with Crippen molar-refractivity contribution in [3.63, 3.8) is 0 Å². The van der Waals surface area contributed by atoms with Gasteiger partial charge < -0.3 is 14.4 Å². The first kappa shape index (κ1) is 22.1. The predicted octanol–water partition coefficient (Wildman–Crippen LogP) is 4.51. The Balaban J connectivity index is 1.66. The number of aromatic nitrogens is 2. The Bertz CT molecular complexity index is 1110. The maximum Gasteiger partial charge on any atom is 0.242 e. The molecule has 32 heavy (non-hydrogen) atoms. The van der Waals surface area contributed by atoms with Crippen molar-refractivity contribution in [2.24, 2.45) is 0 Å². The quantitative estimate of drug-likeness (QED) is 0.526. The Morgan fingerprint density at radius 1 is 1.09 bits per heavy atom. The fourth-order valence-electron chi connectivity index (χ4n) is 4.63. The molecule has 0 aliphatic carbocycles. The Hall–Kier alpha value is -3.15. The number of hydrogen-bond acceptors (Lipinski definition) is 3. The Labute approximate surface area is 189 Å². The van der Waals surface area contributed by atoms with E-state index in [0.717, 1.165) is 54.0 Å². The van der Waals surface area contributed by atoms with Crippen molar-refractivity contribution >= 4 is 28.5 Å². The third-order valence-electron chi connectivity index (χ3n) is 6.12. The number of anilines is 1. The van der Waals surface area contributed by atoms with Crippen molar-refractivity contribution in [3.8, 4) is 0 Å². The molecule has 1 saturated heterocycles. The molecule has 1 atom stereocenters. The van der Waals surface area contributed by atoms with E-state index >= 15 is 0 Å². The highest BCUT2D eigenvalue weighted by molar-refractivity contribution is 5.96. The molecule has 6 heteroatoms. The van der Waals surface area contributed by atoms with E-state index in [2.05, 4.69) is 13.8 Å². The molecule has 0 radical (unpaired) electrons. The molecule has 1 fully saturated rings. The van der Waals surface area contributed by atoms with Crippen molar-refractivity contribution in [1.29, 1.82) is 0 Å². The number of amides is 2. The number of aryl methyl sites for hydroxylation is 1. The minimum absolute atomic E-state index is 0.0472. The van der Waals surface area contributed by atoms with Gasteiger partial charge in [0.25, 0.3) is 0 Å². The zero-order chi connectivity index (χ0) is 22.7. The van der Waals surface area contributed by atoms with Gasteiger partial charge >= 0.3 is 0 Å². The third kappa shape index (κ3) is 4.40. The molecule has 3 aromatic rings. The first-order valence-corrected chi connectivity index (χ1v) is 11.6. The lowest BCUT2D eigenvalue weighted by Gasteiger charge is -2.23. The number of nitrogens with zero attached hydrogens (tertiary/aromatic N) is 4. The molecule has 0 N–H and O–H groups in total. The van der Waals surface area contributed by atoms with E-state index in [-0.39, 0.29) is 24.3 Å². The van der Waals surface area contributed by atoms with E-state index in [0.29, 0.717) is 13.0 Å². The standard InChI is InChI=1S/C26H32N4O2/c1-4-13-28(14-5-2)25(32)18-30-23-12-7-6-11-22(23)27-26(30)20-16-24(31)29(17-20)21-10-8-9-19(3)15-21/h6-12,15,20H,4-5,13-14,16-18H2,1-3H3. The number of para-hydroxylation sites is 2. The minimum Gasteiger partial charge on any atom is -0.341 e. The topological polar surface area (TPSA) is 58.4 Å². The average molecular weight is 433 g/mol. The molecule has 2 amide bonds. The van der Waals surface area contributed by atoms with Crippen molar-refractivity contribution in [1.82, 2.24) is 14.5 Å². The fraction of sp³-hybridized carbons (Fsp3) is 0.423. The van der Waals surface area contributed by atoms with Gasteiger partial charge in [0, 0.05) is 37.7 Å². The number of carbonyl (C=O) groups is 2. The molecule has 4 rings (SSSR count). The maximum absolute atomic E-state index is 13.2. The number of imidazole rings is 1. The molecule has 168 valence electrons. The zero-order valence-electron chi connectivity index (χ0n) is 19.3. The van der Waals surface area contributed by atoms with Crippen LogP contribution in [0.5, 0.6) is 0 Å². The molecule has 1 aromatic heterocycles. The second-order valence-corrected chi connectivity index (χ2v) is 8.67. The average Bonchev–Trinajstić information content (AvgIpc) is 3.34. The van der Waals surface area contributed by atoms with Crippen LogP contribution in [-0.2, 0) is 16.1 Å². The van der Waals surface area contributed by atoms with Gasteiger partial charge in [-0.25, -0.2) is 4.98 Å². The van der Waals surface area contributed by atoms with Crippen molar-refractivity contribution in [3.05, 3.63) is 59.9 Å². The molecule has 0 saturated carbocycles. The normalized spacial score (nSPS) is 16.2. The van der Waals surface area contributed by atoms with E-state index in [1.807, 2.05) is 69.8 Å². The van der Waals surface area contributed by atoms with Crippen LogP contribution < -0.4 is 4.90 Å². The Kier molecular flexibility index (Phi) is 6.58. The summed E-state index contributed by atoms with van der Waals surface area (Å²) in [6, 6.07) is 16.0. The van der Waals surface area contributed by atoms with Crippen LogP contribution in [0.25, 0.3) is 11.0 Å². The van der Waals surface area contributed by atoms with Crippen LogP contribution in [0.15, 0.2) is 48.5 Å².